The quantitative estimate of drug-likeness (QED) is 0.850. The molecule has 0 saturated carbocycles. The molecule has 0 aliphatic rings. The van der Waals surface area contributed by atoms with Crippen LogP contribution in [0.3, 0.4) is 0 Å². The second-order valence-corrected chi connectivity index (χ2v) is 6.27. The van der Waals surface area contributed by atoms with Crippen LogP contribution in [0.15, 0.2) is 47.4 Å². The maximum absolute atomic E-state index is 12.5. The van der Waals surface area contributed by atoms with Crippen molar-refractivity contribution in [2.75, 3.05) is 10.5 Å². The molecule has 2 aromatic carbocycles. The zero-order valence-corrected chi connectivity index (χ0v) is 12.4. The summed E-state index contributed by atoms with van der Waals surface area (Å²) in [7, 11) is -3.67. The molecule has 0 aromatic heterocycles. The number of hydrogen-bond donors (Lipinski definition) is 2. The summed E-state index contributed by atoms with van der Waals surface area (Å²) in [5.74, 6) is 0. The third-order valence-corrected chi connectivity index (χ3v) is 4.70. The van der Waals surface area contributed by atoms with Gasteiger partial charge in [0.1, 0.15) is 4.90 Å². The Morgan fingerprint density at radius 3 is 2.50 bits per heavy atom. The maximum Gasteiger partial charge on any atom is 0.264 e. The van der Waals surface area contributed by atoms with E-state index in [0.717, 1.165) is 12.0 Å². The van der Waals surface area contributed by atoms with Gasteiger partial charge in [-0.25, -0.2) is 8.42 Å². The molecule has 106 valence electrons. The number of nitrogen functional groups attached to an aromatic ring is 1. The van der Waals surface area contributed by atoms with E-state index in [9.17, 15) is 8.42 Å². The van der Waals surface area contributed by atoms with Crippen LogP contribution in [0.2, 0.25) is 0 Å². The zero-order chi connectivity index (χ0) is 14.8. The summed E-state index contributed by atoms with van der Waals surface area (Å²) in [6, 6.07) is 12.4. The van der Waals surface area contributed by atoms with Gasteiger partial charge in [-0.1, -0.05) is 31.2 Å². The molecule has 0 atom stereocenters. The van der Waals surface area contributed by atoms with E-state index >= 15 is 0 Å². The van der Waals surface area contributed by atoms with Crippen molar-refractivity contribution in [3.63, 3.8) is 0 Å². The van der Waals surface area contributed by atoms with E-state index in [1.165, 1.54) is 0 Å². The highest BCUT2D eigenvalue weighted by molar-refractivity contribution is 7.93. The van der Waals surface area contributed by atoms with Gasteiger partial charge in [-0.05, 0) is 42.7 Å². The fourth-order valence-electron chi connectivity index (χ4n) is 2.10. The molecule has 0 amide bonds. The van der Waals surface area contributed by atoms with Gasteiger partial charge < -0.3 is 5.73 Å². The number of nitrogens with one attached hydrogen (secondary N) is 1. The first kappa shape index (κ1) is 14.4. The molecular formula is C15H18N2O2S. The smallest absolute Gasteiger partial charge is 0.264 e. The second-order valence-electron chi connectivity index (χ2n) is 4.65. The Kier molecular flexibility index (Phi) is 3.99. The molecule has 0 spiro atoms. The van der Waals surface area contributed by atoms with Crippen molar-refractivity contribution in [3.8, 4) is 0 Å². The average Bonchev–Trinajstić information content (AvgIpc) is 2.37. The summed E-state index contributed by atoms with van der Waals surface area (Å²) < 4.78 is 27.5. The highest BCUT2D eigenvalue weighted by Gasteiger charge is 2.19. The van der Waals surface area contributed by atoms with Crippen molar-refractivity contribution in [1.29, 1.82) is 0 Å². The van der Waals surface area contributed by atoms with Crippen LogP contribution in [-0.4, -0.2) is 8.42 Å². The van der Waals surface area contributed by atoms with Crippen molar-refractivity contribution in [1.82, 2.24) is 0 Å². The van der Waals surface area contributed by atoms with Crippen molar-refractivity contribution < 1.29 is 8.42 Å². The molecule has 20 heavy (non-hydrogen) atoms. The minimum absolute atomic E-state index is 0.141. The highest BCUT2D eigenvalue weighted by atomic mass is 32.2. The molecule has 0 heterocycles. The second kappa shape index (κ2) is 5.54. The lowest BCUT2D eigenvalue weighted by Crippen LogP contribution is -2.16. The fraction of sp³-hybridized carbons (Fsp3) is 0.200. The van der Waals surface area contributed by atoms with E-state index < -0.39 is 10.0 Å². The van der Waals surface area contributed by atoms with Crippen molar-refractivity contribution in [3.05, 3.63) is 53.6 Å². The Hall–Kier alpha value is -2.01. The fourth-order valence-corrected chi connectivity index (χ4v) is 3.51. The molecule has 5 heteroatoms. The minimum Gasteiger partial charge on any atom is -0.398 e. The van der Waals surface area contributed by atoms with Gasteiger partial charge in [-0.2, -0.15) is 0 Å². The lowest BCUT2D eigenvalue weighted by atomic mass is 10.1. The number of benzene rings is 2. The van der Waals surface area contributed by atoms with Gasteiger partial charge in [0.05, 0.1) is 5.69 Å². The lowest BCUT2D eigenvalue weighted by molar-refractivity contribution is 0.601. The molecule has 0 saturated heterocycles. The molecule has 2 aromatic rings. The predicted octanol–water partition coefficient (Wildman–Crippen LogP) is 2.94. The minimum atomic E-state index is -3.67. The molecule has 4 nitrogen and oxygen atoms in total. The Morgan fingerprint density at radius 2 is 1.85 bits per heavy atom. The van der Waals surface area contributed by atoms with E-state index in [1.54, 1.807) is 31.2 Å². The number of rotatable bonds is 4. The van der Waals surface area contributed by atoms with Crippen molar-refractivity contribution in [2.24, 2.45) is 0 Å². The number of sulfonamides is 1. The largest absolute Gasteiger partial charge is 0.398 e. The molecule has 0 fully saturated rings. The van der Waals surface area contributed by atoms with Crippen LogP contribution in [0, 0.1) is 6.92 Å². The van der Waals surface area contributed by atoms with Gasteiger partial charge in [0.2, 0.25) is 0 Å². The third kappa shape index (κ3) is 2.93. The first-order chi connectivity index (χ1) is 9.44. The molecule has 0 aliphatic carbocycles. The van der Waals surface area contributed by atoms with Gasteiger partial charge in [0, 0.05) is 5.69 Å². The van der Waals surface area contributed by atoms with Crippen molar-refractivity contribution in [2.45, 2.75) is 25.2 Å². The average molecular weight is 290 g/mol. The topological polar surface area (TPSA) is 72.2 Å². The molecular weight excluding hydrogens is 272 g/mol. The first-order valence-corrected chi connectivity index (χ1v) is 7.89. The summed E-state index contributed by atoms with van der Waals surface area (Å²) in [4.78, 5) is 0.141. The Bertz CT molecular complexity index is 704. The van der Waals surface area contributed by atoms with Crippen LogP contribution in [0.5, 0.6) is 0 Å². The molecule has 0 bridgehead atoms. The summed E-state index contributed by atoms with van der Waals surface area (Å²) in [5.41, 5.74) is 8.30. The number of anilines is 2. The van der Waals surface area contributed by atoms with Crippen LogP contribution < -0.4 is 10.5 Å². The van der Waals surface area contributed by atoms with Crippen LogP contribution in [0.25, 0.3) is 0 Å². The standard InChI is InChI=1S/C15H18N2O2S/c1-3-12-7-5-8-13(10-12)17-20(18,19)15-11(2)6-4-9-14(15)16/h4-10,17H,3,16H2,1-2H3. The summed E-state index contributed by atoms with van der Waals surface area (Å²) in [6.45, 7) is 3.75. The van der Waals surface area contributed by atoms with E-state index in [0.29, 0.717) is 11.3 Å². The lowest BCUT2D eigenvalue weighted by Gasteiger charge is -2.13. The van der Waals surface area contributed by atoms with Crippen LogP contribution in [0.4, 0.5) is 11.4 Å². The molecule has 0 unspecified atom stereocenters. The number of nitrogens with two attached hydrogens (primary N) is 1. The van der Waals surface area contributed by atoms with E-state index in [4.69, 9.17) is 5.73 Å². The van der Waals surface area contributed by atoms with E-state index in [1.807, 2.05) is 25.1 Å². The van der Waals surface area contributed by atoms with Crippen LogP contribution in [0.1, 0.15) is 18.1 Å². The maximum atomic E-state index is 12.5. The van der Waals surface area contributed by atoms with Gasteiger partial charge in [-0.3, -0.25) is 4.72 Å². The molecule has 0 radical (unpaired) electrons. The van der Waals surface area contributed by atoms with Gasteiger partial charge in [0.15, 0.2) is 0 Å². The Labute approximate surface area is 119 Å². The molecule has 3 N–H and O–H groups in total. The van der Waals surface area contributed by atoms with Crippen LogP contribution in [-0.2, 0) is 16.4 Å². The Morgan fingerprint density at radius 1 is 1.15 bits per heavy atom. The normalized spacial score (nSPS) is 11.3. The SMILES string of the molecule is CCc1cccc(NS(=O)(=O)c2c(C)cccc2N)c1. The summed E-state index contributed by atoms with van der Waals surface area (Å²) in [5, 5.41) is 0. The zero-order valence-electron chi connectivity index (χ0n) is 11.6. The molecule has 2 rings (SSSR count). The van der Waals surface area contributed by atoms with Gasteiger partial charge >= 0.3 is 0 Å². The van der Waals surface area contributed by atoms with E-state index in [2.05, 4.69) is 4.72 Å². The monoisotopic (exact) mass is 290 g/mol. The number of aryl methyl sites for hydroxylation is 2. The van der Waals surface area contributed by atoms with Gasteiger partial charge in [0.25, 0.3) is 10.0 Å². The van der Waals surface area contributed by atoms with Crippen molar-refractivity contribution >= 4 is 21.4 Å². The summed E-state index contributed by atoms with van der Waals surface area (Å²) >= 11 is 0. The summed E-state index contributed by atoms with van der Waals surface area (Å²) in [6.07, 6.45) is 0.849. The highest BCUT2D eigenvalue weighted by Crippen LogP contribution is 2.25. The van der Waals surface area contributed by atoms with Gasteiger partial charge in [-0.15, -0.1) is 0 Å². The Balaban J connectivity index is 2.41. The number of hydrogen-bond acceptors (Lipinski definition) is 3. The first-order valence-electron chi connectivity index (χ1n) is 6.41. The molecule has 0 aliphatic heterocycles. The third-order valence-electron chi connectivity index (χ3n) is 3.10. The predicted molar refractivity (Wildman–Crippen MR) is 82.2 cm³/mol. The van der Waals surface area contributed by atoms with Crippen LogP contribution >= 0.6 is 0 Å². The van der Waals surface area contributed by atoms with E-state index in [-0.39, 0.29) is 10.6 Å².